The number of carbonyl (C=O) groups is 2. The van der Waals surface area contributed by atoms with Crippen LogP contribution in [0.5, 0.6) is 0 Å². The van der Waals surface area contributed by atoms with E-state index in [9.17, 15) is 22.8 Å². The molecule has 8 nitrogen and oxygen atoms in total. The highest BCUT2D eigenvalue weighted by Crippen LogP contribution is 2.40. The number of halogens is 4. The average Bonchev–Trinajstić information content (AvgIpc) is 3.40. The van der Waals surface area contributed by atoms with Gasteiger partial charge in [0, 0.05) is 30.4 Å². The standard InChI is InChI=1S/C31H32F4N4O4S/c1-2-3-4-5-6-7-10-21-13-14-24(17-25(21)31(33,34)35)39(29-38-26(27(32)44-29)22-11-8-15-36-18-22)30(41)43-20-42-28(40)23-12-9-16-37-19-23/h8,11,13-19H,2-7,9-10,12,20H2,1H3. The summed E-state index contributed by atoms with van der Waals surface area (Å²) >= 11 is 0.449. The van der Waals surface area contributed by atoms with Crippen LogP contribution in [-0.2, 0) is 26.9 Å². The fourth-order valence-corrected chi connectivity index (χ4v) is 5.42. The topological polar surface area (TPSA) is 94.0 Å². The van der Waals surface area contributed by atoms with Gasteiger partial charge < -0.3 is 9.47 Å². The fraction of sp³-hybridized carbons (Fsp3) is 0.387. The first-order valence-corrected chi connectivity index (χ1v) is 15.1. The second-order valence-electron chi connectivity index (χ2n) is 10.0. The number of hydrogen-bond donors (Lipinski definition) is 0. The summed E-state index contributed by atoms with van der Waals surface area (Å²) in [6.07, 6.45) is 6.55. The van der Waals surface area contributed by atoms with Crippen molar-refractivity contribution in [2.75, 3.05) is 11.7 Å². The number of hydrogen-bond acceptors (Lipinski definition) is 8. The molecule has 0 aliphatic carbocycles. The van der Waals surface area contributed by atoms with E-state index < -0.39 is 35.7 Å². The average molecular weight is 633 g/mol. The Bertz CT molecular complexity index is 1490. The largest absolute Gasteiger partial charge is 0.424 e. The molecule has 3 aromatic rings. The van der Waals surface area contributed by atoms with Crippen molar-refractivity contribution in [2.24, 2.45) is 4.99 Å². The molecule has 0 saturated heterocycles. The number of esters is 1. The number of amides is 1. The van der Waals surface area contributed by atoms with Crippen LogP contribution in [0.3, 0.4) is 0 Å². The summed E-state index contributed by atoms with van der Waals surface area (Å²) in [6, 6.07) is 6.60. The van der Waals surface area contributed by atoms with Crippen LogP contribution >= 0.6 is 11.3 Å². The van der Waals surface area contributed by atoms with Crippen molar-refractivity contribution in [3.05, 3.63) is 70.8 Å². The second kappa shape index (κ2) is 15.6. The number of aliphatic imine (C=N–C) groups is 1. The van der Waals surface area contributed by atoms with Gasteiger partial charge in [-0.1, -0.05) is 56.4 Å². The highest BCUT2D eigenvalue weighted by Gasteiger charge is 2.35. The molecule has 1 aliphatic heterocycles. The first-order chi connectivity index (χ1) is 21.2. The lowest BCUT2D eigenvalue weighted by molar-refractivity contribution is -0.147. The summed E-state index contributed by atoms with van der Waals surface area (Å²) in [5, 5.41) is -1.06. The molecule has 0 N–H and O–H groups in total. The third kappa shape index (κ3) is 8.71. The highest BCUT2D eigenvalue weighted by atomic mass is 32.1. The fourth-order valence-electron chi connectivity index (χ4n) is 4.59. The van der Waals surface area contributed by atoms with Gasteiger partial charge in [-0.15, -0.1) is 0 Å². The van der Waals surface area contributed by atoms with E-state index in [0.717, 1.165) is 43.1 Å². The Morgan fingerprint density at radius 2 is 1.86 bits per heavy atom. The molecule has 3 heterocycles. The van der Waals surface area contributed by atoms with Crippen molar-refractivity contribution < 1.29 is 36.6 Å². The van der Waals surface area contributed by atoms with E-state index in [0.29, 0.717) is 36.2 Å². The second-order valence-corrected chi connectivity index (χ2v) is 11.0. The Morgan fingerprint density at radius 1 is 1.07 bits per heavy atom. The van der Waals surface area contributed by atoms with Crippen LogP contribution in [0.4, 0.5) is 33.2 Å². The predicted molar refractivity (Wildman–Crippen MR) is 159 cm³/mol. The van der Waals surface area contributed by atoms with Crippen LogP contribution in [0.2, 0.25) is 0 Å². The van der Waals surface area contributed by atoms with E-state index in [1.165, 1.54) is 30.7 Å². The lowest BCUT2D eigenvalue weighted by Crippen LogP contribution is -2.28. The Morgan fingerprint density at radius 3 is 2.57 bits per heavy atom. The van der Waals surface area contributed by atoms with Crippen molar-refractivity contribution in [2.45, 2.75) is 70.9 Å². The quantitative estimate of drug-likeness (QED) is 0.0809. The highest BCUT2D eigenvalue weighted by molar-refractivity contribution is 7.14. The molecule has 13 heteroatoms. The maximum absolute atomic E-state index is 15.1. The van der Waals surface area contributed by atoms with Gasteiger partial charge in [-0.2, -0.15) is 17.6 Å². The molecule has 0 spiro atoms. The van der Waals surface area contributed by atoms with Gasteiger partial charge in [0.15, 0.2) is 0 Å². The van der Waals surface area contributed by atoms with Crippen LogP contribution in [0.25, 0.3) is 11.3 Å². The van der Waals surface area contributed by atoms with Crippen LogP contribution in [0.1, 0.15) is 69.4 Å². The molecule has 2 aromatic heterocycles. The van der Waals surface area contributed by atoms with Crippen LogP contribution in [0, 0.1) is 5.13 Å². The lowest BCUT2D eigenvalue weighted by Gasteiger charge is -2.22. The van der Waals surface area contributed by atoms with E-state index in [2.05, 4.69) is 21.9 Å². The summed E-state index contributed by atoms with van der Waals surface area (Å²) in [4.78, 5) is 38.4. The monoisotopic (exact) mass is 632 g/mol. The van der Waals surface area contributed by atoms with Crippen molar-refractivity contribution in [1.82, 2.24) is 9.97 Å². The Labute approximate surface area is 256 Å². The zero-order chi connectivity index (χ0) is 31.5. The third-order valence-corrected chi connectivity index (χ3v) is 7.68. The first-order valence-electron chi connectivity index (χ1n) is 14.3. The maximum atomic E-state index is 15.1. The molecule has 0 saturated carbocycles. The van der Waals surface area contributed by atoms with Gasteiger partial charge >= 0.3 is 18.2 Å². The molecule has 0 atom stereocenters. The van der Waals surface area contributed by atoms with Crippen LogP contribution < -0.4 is 4.90 Å². The number of unbranched alkanes of at least 4 members (excludes halogenated alkanes) is 5. The van der Waals surface area contributed by atoms with Gasteiger partial charge in [-0.25, -0.2) is 19.5 Å². The Balaban J connectivity index is 1.61. The molecule has 0 fully saturated rings. The zero-order valence-electron chi connectivity index (χ0n) is 24.1. The number of alkyl halides is 3. The number of aromatic nitrogens is 2. The summed E-state index contributed by atoms with van der Waals surface area (Å²) < 4.78 is 67.9. The van der Waals surface area contributed by atoms with Gasteiger partial charge in [0.2, 0.25) is 17.1 Å². The molecule has 1 amide bonds. The van der Waals surface area contributed by atoms with Gasteiger partial charge in [0.25, 0.3) is 0 Å². The SMILES string of the molecule is CCCCCCCCc1ccc(N(C(=O)OCOC(=O)C2=CN=CCC2)c2nc(-c3cccnc3)c(F)s2)cc1C(F)(F)F. The predicted octanol–water partition coefficient (Wildman–Crippen LogP) is 8.79. The minimum atomic E-state index is -4.72. The van der Waals surface area contributed by atoms with Crippen LogP contribution in [-0.4, -0.2) is 35.0 Å². The molecular formula is C31H32F4N4O4S. The number of carbonyl (C=O) groups excluding carboxylic acids is 2. The summed E-state index contributed by atoms with van der Waals surface area (Å²) in [5.74, 6) is -0.751. The van der Waals surface area contributed by atoms with Crippen molar-refractivity contribution >= 4 is 40.4 Å². The van der Waals surface area contributed by atoms with E-state index in [-0.39, 0.29) is 34.1 Å². The number of thiazole rings is 1. The van der Waals surface area contributed by atoms with Gasteiger partial charge in [0.1, 0.15) is 5.69 Å². The molecule has 234 valence electrons. The van der Waals surface area contributed by atoms with Crippen LogP contribution in [0.15, 0.2) is 59.5 Å². The smallest absolute Gasteiger partial charge is 0.423 e. The number of pyridine rings is 1. The molecule has 44 heavy (non-hydrogen) atoms. The van der Waals surface area contributed by atoms with Gasteiger partial charge in [0.05, 0.1) is 16.8 Å². The summed E-state index contributed by atoms with van der Waals surface area (Å²) in [7, 11) is 0. The number of aryl methyl sites for hydroxylation is 1. The lowest BCUT2D eigenvalue weighted by atomic mass is 9.99. The Kier molecular flexibility index (Phi) is 11.6. The summed E-state index contributed by atoms with van der Waals surface area (Å²) in [5.41, 5.74) is -0.618. The molecule has 0 bridgehead atoms. The molecule has 1 aromatic carbocycles. The first kappa shape index (κ1) is 32.8. The van der Waals surface area contributed by atoms with Crippen molar-refractivity contribution in [1.29, 1.82) is 0 Å². The van der Waals surface area contributed by atoms with Crippen molar-refractivity contribution in [3.8, 4) is 11.3 Å². The molecule has 4 rings (SSSR count). The van der Waals surface area contributed by atoms with E-state index >= 15 is 4.39 Å². The molecule has 0 unspecified atom stereocenters. The number of anilines is 2. The molecule has 1 aliphatic rings. The van der Waals surface area contributed by atoms with Crippen molar-refractivity contribution in [3.63, 3.8) is 0 Å². The minimum absolute atomic E-state index is 0.0868. The molecular weight excluding hydrogens is 600 g/mol. The number of nitrogens with zero attached hydrogens (tertiary/aromatic N) is 4. The van der Waals surface area contributed by atoms with E-state index in [1.54, 1.807) is 18.3 Å². The van der Waals surface area contributed by atoms with Gasteiger partial charge in [-0.3, -0.25) is 9.98 Å². The number of benzene rings is 1. The normalized spacial score (nSPS) is 13.0. The Hall–Kier alpha value is -4.13. The number of rotatable bonds is 13. The maximum Gasteiger partial charge on any atom is 0.423 e. The van der Waals surface area contributed by atoms with E-state index in [1.807, 2.05) is 0 Å². The number of ether oxygens (including phenoxy) is 2. The zero-order valence-corrected chi connectivity index (χ0v) is 24.9. The van der Waals surface area contributed by atoms with E-state index in [4.69, 9.17) is 9.47 Å². The summed E-state index contributed by atoms with van der Waals surface area (Å²) in [6.45, 7) is 1.26. The van der Waals surface area contributed by atoms with Gasteiger partial charge in [-0.05, 0) is 55.5 Å². The molecule has 0 radical (unpaired) electrons. The third-order valence-electron chi connectivity index (χ3n) is 6.85. The minimum Gasteiger partial charge on any atom is -0.424 e.